The summed E-state index contributed by atoms with van der Waals surface area (Å²) in [6.07, 6.45) is 0. The Morgan fingerprint density at radius 2 is 1.80 bits per heavy atom. The second kappa shape index (κ2) is 8.57. The first-order chi connectivity index (χ1) is 11.8. The van der Waals surface area contributed by atoms with Gasteiger partial charge in [0.2, 0.25) is 15.9 Å². The van der Waals surface area contributed by atoms with Crippen LogP contribution in [0.5, 0.6) is 0 Å². The third kappa shape index (κ3) is 5.12. The average Bonchev–Trinajstić information content (AvgIpc) is 2.57. The molecule has 2 rings (SSSR count). The van der Waals surface area contributed by atoms with Crippen molar-refractivity contribution in [2.45, 2.75) is 11.5 Å². The lowest BCUT2D eigenvalue weighted by molar-refractivity contribution is -0.116. The molecule has 1 amide bonds. The highest BCUT2D eigenvalue weighted by molar-refractivity contribution is 9.10. The molecule has 134 valence electrons. The zero-order valence-corrected chi connectivity index (χ0v) is 16.3. The fraction of sp³-hybridized carbons (Fsp3) is 0.235. The predicted molar refractivity (Wildman–Crippen MR) is 99.7 cm³/mol. The molecule has 25 heavy (non-hydrogen) atoms. The van der Waals surface area contributed by atoms with Gasteiger partial charge in [-0.3, -0.25) is 4.79 Å². The van der Waals surface area contributed by atoms with Crippen LogP contribution in [0.15, 0.2) is 57.9 Å². The third-order valence-corrected chi connectivity index (χ3v) is 5.83. The van der Waals surface area contributed by atoms with Crippen molar-refractivity contribution in [3.63, 3.8) is 0 Å². The number of methoxy groups -OCH3 is 1. The molecule has 0 saturated carbocycles. The molecule has 0 saturated heterocycles. The van der Waals surface area contributed by atoms with Crippen molar-refractivity contribution in [2.24, 2.45) is 0 Å². The number of nitrogens with zero attached hydrogens (tertiary/aromatic N) is 1. The Labute approximate surface area is 156 Å². The fourth-order valence-corrected chi connectivity index (χ4v) is 3.58. The lowest BCUT2D eigenvalue weighted by atomic mass is 10.2. The van der Waals surface area contributed by atoms with Crippen molar-refractivity contribution in [3.8, 4) is 0 Å². The third-order valence-electron chi connectivity index (χ3n) is 3.48. The summed E-state index contributed by atoms with van der Waals surface area (Å²) in [6, 6.07) is 13.5. The Morgan fingerprint density at radius 3 is 2.44 bits per heavy atom. The zero-order valence-electron chi connectivity index (χ0n) is 13.9. The van der Waals surface area contributed by atoms with E-state index < -0.39 is 15.9 Å². The molecule has 0 unspecified atom stereocenters. The highest BCUT2D eigenvalue weighted by Gasteiger charge is 2.23. The van der Waals surface area contributed by atoms with Crippen LogP contribution in [0, 0.1) is 0 Å². The van der Waals surface area contributed by atoms with Crippen LogP contribution in [0.1, 0.15) is 5.56 Å². The lowest BCUT2D eigenvalue weighted by Gasteiger charge is -2.17. The average molecular weight is 427 g/mol. The summed E-state index contributed by atoms with van der Waals surface area (Å²) < 4.78 is 31.9. The Kier molecular flexibility index (Phi) is 6.71. The Hall–Kier alpha value is -1.74. The van der Waals surface area contributed by atoms with Gasteiger partial charge < -0.3 is 10.1 Å². The van der Waals surface area contributed by atoms with E-state index in [0.29, 0.717) is 12.3 Å². The molecular formula is C17H19BrN2O4S. The van der Waals surface area contributed by atoms with E-state index in [9.17, 15) is 13.2 Å². The smallest absolute Gasteiger partial charge is 0.243 e. The summed E-state index contributed by atoms with van der Waals surface area (Å²) in [5, 5.41) is 2.73. The van der Waals surface area contributed by atoms with Gasteiger partial charge in [0.05, 0.1) is 18.0 Å². The summed E-state index contributed by atoms with van der Waals surface area (Å²) in [4.78, 5) is 12.4. The first kappa shape index (κ1) is 19.6. The summed E-state index contributed by atoms with van der Waals surface area (Å²) in [6.45, 7) is 0.0587. The molecule has 2 aromatic rings. The van der Waals surface area contributed by atoms with E-state index in [1.807, 2.05) is 12.1 Å². The number of halogens is 1. The highest BCUT2D eigenvalue weighted by Crippen LogP contribution is 2.19. The summed E-state index contributed by atoms with van der Waals surface area (Å²) in [5.74, 6) is -0.424. The first-order valence-corrected chi connectivity index (χ1v) is 9.66. The van der Waals surface area contributed by atoms with Gasteiger partial charge in [-0.25, -0.2) is 8.42 Å². The molecule has 0 fully saturated rings. The van der Waals surface area contributed by atoms with E-state index in [1.54, 1.807) is 31.4 Å². The zero-order chi connectivity index (χ0) is 18.4. The summed E-state index contributed by atoms with van der Waals surface area (Å²) in [5.41, 5.74) is 1.42. The molecule has 1 N–H and O–H groups in total. The molecule has 0 aliphatic carbocycles. The van der Waals surface area contributed by atoms with Gasteiger partial charge >= 0.3 is 0 Å². The van der Waals surface area contributed by atoms with E-state index >= 15 is 0 Å². The molecule has 8 heteroatoms. The molecule has 0 aliphatic rings. The summed E-state index contributed by atoms with van der Waals surface area (Å²) >= 11 is 3.26. The maximum absolute atomic E-state index is 12.5. The van der Waals surface area contributed by atoms with Gasteiger partial charge in [-0.1, -0.05) is 34.1 Å². The fourth-order valence-electron chi connectivity index (χ4n) is 2.19. The second-order valence-corrected chi connectivity index (χ2v) is 8.31. The highest BCUT2D eigenvalue weighted by atomic mass is 79.9. The molecule has 0 radical (unpaired) electrons. The van der Waals surface area contributed by atoms with Gasteiger partial charge in [0.15, 0.2) is 0 Å². The first-order valence-electron chi connectivity index (χ1n) is 7.43. The van der Waals surface area contributed by atoms with Gasteiger partial charge in [0, 0.05) is 29.9 Å². The normalized spacial score (nSPS) is 11.5. The number of hydrogen-bond donors (Lipinski definition) is 1. The number of likely N-dealkylation sites (N-methyl/N-ethyl adjacent to an activating group) is 1. The quantitative estimate of drug-likeness (QED) is 0.738. The Morgan fingerprint density at radius 1 is 1.16 bits per heavy atom. The number of carbonyl (C=O) groups is 1. The molecule has 0 spiro atoms. The monoisotopic (exact) mass is 426 g/mol. The molecule has 0 atom stereocenters. The van der Waals surface area contributed by atoms with Crippen LogP contribution in [-0.2, 0) is 26.2 Å². The minimum atomic E-state index is -3.74. The van der Waals surface area contributed by atoms with Crippen LogP contribution < -0.4 is 5.32 Å². The predicted octanol–water partition coefficient (Wildman–Crippen LogP) is 2.85. The van der Waals surface area contributed by atoms with Crippen molar-refractivity contribution >= 4 is 37.5 Å². The van der Waals surface area contributed by atoms with Crippen molar-refractivity contribution < 1.29 is 17.9 Å². The number of ether oxygens (including phenoxy) is 1. The number of carbonyl (C=O) groups excluding carboxylic acids is 1. The number of nitrogens with one attached hydrogen (secondary N) is 1. The number of benzene rings is 2. The largest absolute Gasteiger partial charge is 0.380 e. The SMILES string of the molecule is COCc1ccccc1NC(=O)CN(C)S(=O)(=O)c1ccc(Br)cc1. The maximum Gasteiger partial charge on any atom is 0.243 e. The number of rotatable bonds is 7. The van der Waals surface area contributed by atoms with Crippen molar-refractivity contribution in [2.75, 3.05) is 26.0 Å². The van der Waals surface area contributed by atoms with Crippen LogP contribution >= 0.6 is 15.9 Å². The molecule has 6 nitrogen and oxygen atoms in total. The molecular weight excluding hydrogens is 408 g/mol. The van der Waals surface area contributed by atoms with E-state index in [4.69, 9.17) is 4.74 Å². The molecule has 2 aromatic carbocycles. The van der Waals surface area contributed by atoms with Crippen LogP contribution in [0.4, 0.5) is 5.69 Å². The topological polar surface area (TPSA) is 75.7 Å². The molecule has 0 bridgehead atoms. The van der Waals surface area contributed by atoms with Gasteiger partial charge in [0.1, 0.15) is 0 Å². The Balaban J connectivity index is 2.08. The van der Waals surface area contributed by atoms with Gasteiger partial charge in [-0.05, 0) is 30.3 Å². The van der Waals surface area contributed by atoms with Gasteiger partial charge in [0.25, 0.3) is 0 Å². The molecule has 0 aliphatic heterocycles. The minimum absolute atomic E-state index is 0.130. The standard InChI is InChI=1S/C17H19BrN2O4S/c1-20(25(22,23)15-9-7-14(18)8-10-15)11-17(21)19-16-6-4-3-5-13(16)12-24-2/h3-10H,11-12H2,1-2H3,(H,19,21). The van der Waals surface area contributed by atoms with Crippen molar-refractivity contribution in [1.29, 1.82) is 0 Å². The number of anilines is 1. The van der Waals surface area contributed by atoms with Crippen LogP contribution in [-0.4, -0.2) is 39.3 Å². The second-order valence-electron chi connectivity index (χ2n) is 5.35. The van der Waals surface area contributed by atoms with Gasteiger partial charge in [-0.15, -0.1) is 0 Å². The van der Waals surface area contributed by atoms with Gasteiger partial charge in [-0.2, -0.15) is 4.31 Å². The van der Waals surface area contributed by atoms with Crippen LogP contribution in [0.2, 0.25) is 0 Å². The number of hydrogen-bond acceptors (Lipinski definition) is 4. The van der Waals surface area contributed by atoms with E-state index in [-0.39, 0.29) is 11.4 Å². The molecule has 0 heterocycles. The Bertz CT molecular complexity index is 838. The van der Waals surface area contributed by atoms with Crippen LogP contribution in [0.3, 0.4) is 0 Å². The van der Waals surface area contributed by atoms with Crippen molar-refractivity contribution in [1.82, 2.24) is 4.31 Å². The molecule has 0 aromatic heterocycles. The van der Waals surface area contributed by atoms with E-state index in [2.05, 4.69) is 21.2 Å². The van der Waals surface area contributed by atoms with Crippen molar-refractivity contribution in [3.05, 3.63) is 58.6 Å². The number of amides is 1. The van der Waals surface area contributed by atoms with E-state index in [0.717, 1.165) is 14.3 Å². The number of para-hydroxylation sites is 1. The lowest BCUT2D eigenvalue weighted by Crippen LogP contribution is -2.35. The number of sulfonamides is 1. The maximum atomic E-state index is 12.5. The minimum Gasteiger partial charge on any atom is -0.380 e. The summed E-state index contributed by atoms with van der Waals surface area (Å²) in [7, 11) is -0.797. The van der Waals surface area contributed by atoms with E-state index in [1.165, 1.54) is 19.2 Å². The van der Waals surface area contributed by atoms with Crippen LogP contribution in [0.25, 0.3) is 0 Å².